The van der Waals surface area contributed by atoms with Gasteiger partial charge < -0.3 is 20.4 Å². The van der Waals surface area contributed by atoms with Crippen LogP contribution in [0.25, 0.3) is 22.1 Å². The van der Waals surface area contributed by atoms with Crippen molar-refractivity contribution in [3.8, 4) is 11.3 Å². The van der Waals surface area contributed by atoms with Crippen LogP contribution in [0, 0.1) is 5.92 Å². The number of benzene rings is 2. The monoisotopic (exact) mass is 336 g/mol. The highest BCUT2D eigenvalue weighted by Crippen LogP contribution is 2.37. The van der Waals surface area contributed by atoms with E-state index < -0.39 is 5.60 Å². The molecule has 128 valence electrons. The molecule has 0 bridgehead atoms. The van der Waals surface area contributed by atoms with E-state index in [0.29, 0.717) is 5.70 Å². The topological polar surface area (TPSA) is 82.4 Å². The quantitative estimate of drug-likeness (QED) is 0.586. The van der Waals surface area contributed by atoms with Gasteiger partial charge in [-0.3, -0.25) is 0 Å². The Morgan fingerprint density at radius 1 is 1.12 bits per heavy atom. The Kier molecular flexibility index (Phi) is 3.71. The number of aliphatic hydroxyl groups is 1. The van der Waals surface area contributed by atoms with Gasteiger partial charge in [0.2, 0.25) is 0 Å². The molecule has 1 atom stereocenters. The molecular formula is C19H20N4O2. The van der Waals surface area contributed by atoms with Gasteiger partial charge in [0.25, 0.3) is 0 Å². The van der Waals surface area contributed by atoms with E-state index in [0.717, 1.165) is 27.7 Å². The summed E-state index contributed by atoms with van der Waals surface area (Å²) >= 11 is 0. The third-order valence-electron chi connectivity index (χ3n) is 4.73. The maximum atomic E-state index is 11.4. The second-order valence-corrected chi connectivity index (χ2v) is 6.52. The Bertz CT molecular complexity index is 934. The summed E-state index contributed by atoms with van der Waals surface area (Å²) in [6, 6.07) is 12.1. The minimum absolute atomic E-state index is 0.0149. The summed E-state index contributed by atoms with van der Waals surface area (Å²) in [5, 5.41) is 13.5. The van der Waals surface area contributed by atoms with E-state index in [1.807, 2.05) is 44.2 Å². The number of nitrogens with one attached hydrogen (secondary N) is 3. The fourth-order valence-corrected chi connectivity index (χ4v) is 3.25. The number of rotatable bonds is 4. The van der Waals surface area contributed by atoms with Gasteiger partial charge in [-0.2, -0.15) is 5.53 Å². The Labute approximate surface area is 145 Å². The van der Waals surface area contributed by atoms with Crippen molar-refractivity contribution in [1.82, 2.24) is 21.4 Å². The summed E-state index contributed by atoms with van der Waals surface area (Å²) in [6.07, 6.45) is 4.87. The molecule has 4 N–H and O–H groups in total. The minimum Gasteiger partial charge on any atom is -0.444 e. The maximum Gasteiger partial charge on any atom is 0.181 e. The molecule has 2 aromatic carbocycles. The third kappa shape index (κ3) is 2.56. The molecule has 3 aromatic rings. The Balaban J connectivity index is 1.79. The molecule has 6 heteroatoms. The van der Waals surface area contributed by atoms with Crippen LogP contribution in [0.4, 0.5) is 0 Å². The molecule has 0 radical (unpaired) electrons. The molecule has 0 saturated heterocycles. The smallest absolute Gasteiger partial charge is 0.181 e. The highest BCUT2D eigenvalue weighted by atomic mass is 16.3. The lowest BCUT2D eigenvalue weighted by Crippen LogP contribution is -2.42. The number of fused-ring (bicyclic) bond motifs is 1. The van der Waals surface area contributed by atoms with Crippen LogP contribution in [-0.4, -0.2) is 10.1 Å². The van der Waals surface area contributed by atoms with Gasteiger partial charge in [-0.15, -0.1) is 0 Å². The third-order valence-corrected chi connectivity index (χ3v) is 4.73. The molecule has 1 unspecified atom stereocenters. The molecule has 0 fully saturated rings. The second kappa shape index (κ2) is 5.91. The van der Waals surface area contributed by atoms with Gasteiger partial charge >= 0.3 is 0 Å². The van der Waals surface area contributed by atoms with Crippen molar-refractivity contribution in [1.29, 1.82) is 0 Å². The molecule has 2 heterocycles. The Morgan fingerprint density at radius 2 is 1.92 bits per heavy atom. The first-order chi connectivity index (χ1) is 12.1. The molecule has 25 heavy (non-hydrogen) atoms. The van der Waals surface area contributed by atoms with E-state index in [9.17, 15) is 5.11 Å². The molecule has 0 amide bonds. The lowest BCUT2D eigenvalue weighted by atomic mass is 9.80. The molecule has 0 saturated carbocycles. The van der Waals surface area contributed by atoms with E-state index in [4.69, 9.17) is 4.42 Å². The van der Waals surface area contributed by atoms with E-state index in [-0.39, 0.29) is 5.92 Å². The van der Waals surface area contributed by atoms with Crippen molar-refractivity contribution in [3.05, 3.63) is 66.4 Å². The van der Waals surface area contributed by atoms with Crippen molar-refractivity contribution >= 4 is 10.8 Å². The van der Waals surface area contributed by atoms with Crippen LogP contribution in [0.2, 0.25) is 0 Å². The van der Waals surface area contributed by atoms with Crippen LogP contribution in [0.15, 0.2) is 65.3 Å². The summed E-state index contributed by atoms with van der Waals surface area (Å²) in [7, 11) is 0. The van der Waals surface area contributed by atoms with Gasteiger partial charge in [0.05, 0.1) is 11.9 Å². The predicted molar refractivity (Wildman–Crippen MR) is 95.7 cm³/mol. The van der Waals surface area contributed by atoms with Gasteiger partial charge in [0, 0.05) is 11.8 Å². The zero-order valence-electron chi connectivity index (χ0n) is 14.1. The zero-order chi connectivity index (χ0) is 17.4. The first-order valence-corrected chi connectivity index (χ1v) is 8.22. The number of hydrogen-bond acceptors (Lipinski definition) is 6. The summed E-state index contributed by atoms with van der Waals surface area (Å²) in [5.41, 5.74) is 10.0. The van der Waals surface area contributed by atoms with Crippen molar-refractivity contribution < 1.29 is 9.52 Å². The lowest BCUT2D eigenvalue weighted by Gasteiger charge is -2.33. The van der Waals surface area contributed by atoms with E-state index >= 15 is 0 Å². The van der Waals surface area contributed by atoms with Crippen LogP contribution in [0.5, 0.6) is 0 Å². The Morgan fingerprint density at radius 3 is 2.60 bits per heavy atom. The van der Waals surface area contributed by atoms with Crippen molar-refractivity contribution in [2.24, 2.45) is 5.92 Å². The van der Waals surface area contributed by atoms with Gasteiger partial charge in [0.1, 0.15) is 5.60 Å². The Hall–Kier alpha value is -2.83. The summed E-state index contributed by atoms with van der Waals surface area (Å²) in [5.74, 6) is 0.723. The van der Waals surface area contributed by atoms with Crippen molar-refractivity contribution in [2.75, 3.05) is 0 Å². The van der Waals surface area contributed by atoms with Crippen LogP contribution in [0.3, 0.4) is 0 Å². The normalized spacial score (nSPS) is 16.4. The highest BCUT2D eigenvalue weighted by Gasteiger charge is 2.39. The zero-order valence-corrected chi connectivity index (χ0v) is 14.1. The number of hydrogen-bond donors (Lipinski definition) is 4. The van der Waals surface area contributed by atoms with Gasteiger partial charge in [-0.05, 0) is 34.4 Å². The second-order valence-electron chi connectivity index (χ2n) is 6.52. The first-order valence-electron chi connectivity index (χ1n) is 8.22. The van der Waals surface area contributed by atoms with Crippen molar-refractivity contribution in [3.63, 3.8) is 0 Å². The van der Waals surface area contributed by atoms with Crippen LogP contribution in [-0.2, 0) is 5.60 Å². The molecule has 6 nitrogen and oxygen atoms in total. The fraction of sp³-hybridized carbons (Fsp3) is 0.211. The summed E-state index contributed by atoms with van der Waals surface area (Å²) < 4.78 is 5.36. The average molecular weight is 336 g/mol. The largest absolute Gasteiger partial charge is 0.444 e. The molecule has 4 rings (SSSR count). The number of nitrogens with zero attached hydrogens (tertiary/aromatic N) is 1. The van der Waals surface area contributed by atoms with E-state index in [2.05, 4.69) is 27.4 Å². The summed E-state index contributed by atoms with van der Waals surface area (Å²) in [4.78, 5) is 3.96. The number of oxazole rings is 1. The van der Waals surface area contributed by atoms with Gasteiger partial charge in [-0.25, -0.2) is 4.98 Å². The number of hydrazine groups is 2. The molecule has 1 aliphatic rings. The maximum absolute atomic E-state index is 11.4. The van der Waals surface area contributed by atoms with E-state index in [1.165, 1.54) is 6.39 Å². The van der Waals surface area contributed by atoms with E-state index in [1.54, 1.807) is 12.4 Å². The average Bonchev–Trinajstić information content (AvgIpc) is 3.33. The molecule has 0 aliphatic carbocycles. The molecule has 1 aliphatic heterocycles. The van der Waals surface area contributed by atoms with Crippen LogP contribution >= 0.6 is 0 Å². The molecular weight excluding hydrogens is 316 g/mol. The fourth-order valence-electron chi connectivity index (χ4n) is 3.25. The van der Waals surface area contributed by atoms with Crippen LogP contribution in [0.1, 0.15) is 19.4 Å². The first kappa shape index (κ1) is 15.7. The highest BCUT2D eigenvalue weighted by molar-refractivity contribution is 5.87. The minimum atomic E-state index is -1.12. The SMILES string of the molecule is CC(C)C(O)(C1=CNNN1)c1ccc2cc(-c3cnco3)ccc2c1. The molecule has 1 aromatic heterocycles. The van der Waals surface area contributed by atoms with Gasteiger partial charge in [0.15, 0.2) is 12.2 Å². The molecule has 0 spiro atoms. The lowest BCUT2D eigenvalue weighted by molar-refractivity contribution is 0.0210. The number of aromatic nitrogens is 1. The van der Waals surface area contributed by atoms with Gasteiger partial charge in [-0.1, -0.05) is 38.1 Å². The van der Waals surface area contributed by atoms with Crippen LogP contribution < -0.4 is 16.4 Å². The standard InChI is InChI=1S/C19H20N4O2/c1-12(2)19(24,18-10-21-23-22-18)16-6-5-13-7-15(4-3-14(13)8-16)17-9-20-11-25-17/h3-12,21-24H,1-2H3. The predicted octanol–water partition coefficient (Wildman–Crippen LogP) is 2.79. The van der Waals surface area contributed by atoms with Crippen molar-refractivity contribution in [2.45, 2.75) is 19.4 Å². The summed E-state index contributed by atoms with van der Waals surface area (Å²) in [6.45, 7) is 4.00.